The van der Waals surface area contributed by atoms with E-state index in [-0.39, 0.29) is 5.56 Å². The fourth-order valence-corrected chi connectivity index (χ4v) is 2.22. The number of carbonyl (C=O) groups is 1. The zero-order valence-corrected chi connectivity index (χ0v) is 12.5. The highest BCUT2D eigenvalue weighted by atomic mass is 19.1. The van der Waals surface area contributed by atoms with E-state index in [9.17, 15) is 9.18 Å². The Morgan fingerprint density at radius 3 is 2.35 bits per heavy atom. The van der Waals surface area contributed by atoms with Crippen LogP contribution in [-0.2, 0) is 0 Å². The lowest BCUT2D eigenvalue weighted by Gasteiger charge is -2.30. The van der Waals surface area contributed by atoms with Crippen LogP contribution in [0, 0.1) is 5.82 Å². The second-order valence-corrected chi connectivity index (χ2v) is 5.35. The van der Waals surface area contributed by atoms with E-state index in [4.69, 9.17) is 5.11 Å². The molecule has 0 fully saturated rings. The molecular formula is C15H23FN2O2. The smallest absolute Gasteiger partial charge is 0.335 e. The van der Waals surface area contributed by atoms with E-state index in [0.717, 1.165) is 12.6 Å². The summed E-state index contributed by atoms with van der Waals surface area (Å²) in [7, 11) is 0. The molecule has 1 aromatic carbocycles. The molecular weight excluding hydrogens is 259 g/mol. The molecule has 0 unspecified atom stereocenters. The molecule has 0 atom stereocenters. The van der Waals surface area contributed by atoms with Gasteiger partial charge in [0.2, 0.25) is 0 Å². The number of rotatable bonds is 7. The largest absolute Gasteiger partial charge is 0.478 e. The number of anilines is 1. The van der Waals surface area contributed by atoms with Gasteiger partial charge in [0.1, 0.15) is 5.82 Å². The molecule has 0 saturated carbocycles. The van der Waals surface area contributed by atoms with E-state index < -0.39 is 11.8 Å². The van der Waals surface area contributed by atoms with Crippen molar-refractivity contribution in [2.75, 3.05) is 18.4 Å². The summed E-state index contributed by atoms with van der Waals surface area (Å²) < 4.78 is 13.7. The second-order valence-electron chi connectivity index (χ2n) is 5.35. The number of nitrogens with zero attached hydrogens (tertiary/aromatic N) is 1. The summed E-state index contributed by atoms with van der Waals surface area (Å²) in [6.07, 6.45) is 0. The Kier molecular flexibility index (Phi) is 5.95. The van der Waals surface area contributed by atoms with Crippen molar-refractivity contribution >= 4 is 11.7 Å². The Bertz CT molecular complexity index is 453. The summed E-state index contributed by atoms with van der Waals surface area (Å²) >= 11 is 0. The average Bonchev–Trinajstić information content (AvgIpc) is 2.34. The molecule has 0 radical (unpaired) electrons. The first-order valence-electron chi connectivity index (χ1n) is 6.85. The Morgan fingerprint density at radius 2 is 1.90 bits per heavy atom. The SMILES string of the molecule is CC(C)N(CCNc1ccc(C(=O)O)cc1F)C(C)C. The summed E-state index contributed by atoms with van der Waals surface area (Å²) in [6, 6.07) is 4.75. The summed E-state index contributed by atoms with van der Waals surface area (Å²) in [6.45, 7) is 9.92. The van der Waals surface area contributed by atoms with Crippen LogP contribution in [-0.4, -0.2) is 41.1 Å². The van der Waals surface area contributed by atoms with Gasteiger partial charge >= 0.3 is 5.97 Å². The average molecular weight is 282 g/mol. The predicted molar refractivity (Wildman–Crippen MR) is 78.8 cm³/mol. The quantitative estimate of drug-likeness (QED) is 0.807. The summed E-state index contributed by atoms with van der Waals surface area (Å²) in [4.78, 5) is 13.0. The van der Waals surface area contributed by atoms with Crippen LogP contribution in [0.4, 0.5) is 10.1 Å². The first kappa shape index (κ1) is 16.4. The third-order valence-electron chi connectivity index (χ3n) is 3.23. The molecule has 4 nitrogen and oxygen atoms in total. The zero-order chi connectivity index (χ0) is 15.3. The number of halogens is 1. The van der Waals surface area contributed by atoms with Gasteiger partial charge in [-0.05, 0) is 45.9 Å². The van der Waals surface area contributed by atoms with Crippen molar-refractivity contribution in [2.24, 2.45) is 0 Å². The van der Waals surface area contributed by atoms with Crippen LogP contribution in [0.5, 0.6) is 0 Å². The first-order valence-corrected chi connectivity index (χ1v) is 6.85. The summed E-state index contributed by atoms with van der Waals surface area (Å²) in [5, 5.41) is 11.8. The molecule has 0 spiro atoms. The minimum Gasteiger partial charge on any atom is -0.478 e. The lowest BCUT2D eigenvalue weighted by molar-refractivity contribution is 0.0696. The molecule has 0 aromatic heterocycles. The maximum atomic E-state index is 13.7. The van der Waals surface area contributed by atoms with Gasteiger partial charge in [-0.2, -0.15) is 0 Å². The van der Waals surface area contributed by atoms with Crippen molar-refractivity contribution in [1.29, 1.82) is 0 Å². The predicted octanol–water partition coefficient (Wildman–Crippen LogP) is 3.05. The molecule has 0 aliphatic heterocycles. The van der Waals surface area contributed by atoms with Crippen LogP contribution < -0.4 is 5.32 Å². The zero-order valence-electron chi connectivity index (χ0n) is 12.5. The molecule has 1 aromatic rings. The van der Waals surface area contributed by atoms with Gasteiger partial charge in [0.15, 0.2) is 0 Å². The van der Waals surface area contributed by atoms with Crippen LogP contribution in [0.15, 0.2) is 18.2 Å². The minimum absolute atomic E-state index is 0.0426. The Balaban J connectivity index is 2.60. The van der Waals surface area contributed by atoms with E-state index in [1.807, 2.05) is 0 Å². The third-order valence-corrected chi connectivity index (χ3v) is 3.23. The van der Waals surface area contributed by atoms with Crippen LogP contribution in [0.1, 0.15) is 38.1 Å². The maximum absolute atomic E-state index is 13.7. The fraction of sp³-hybridized carbons (Fsp3) is 0.533. The van der Waals surface area contributed by atoms with E-state index >= 15 is 0 Å². The Morgan fingerprint density at radius 1 is 1.30 bits per heavy atom. The number of aromatic carboxylic acids is 1. The van der Waals surface area contributed by atoms with Crippen molar-refractivity contribution in [3.05, 3.63) is 29.6 Å². The van der Waals surface area contributed by atoms with Gasteiger partial charge in [-0.15, -0.1) is 0 Å². The highest BCUT2D eigenvalue weighted by Crippen LogP contribution is 2.16. The monoisotopic (exact) mass is 282 g/mol. The molecule has 5 heteroatoms. The summed E-state index contributed by atoms with van der Waals surface area (Å²) in [5.74, 6) is -1.66. The maximum Gasteiger partial charge on any atom is 0.335 e. The normalized spacial score (nSPS) is 11.4. The van der Waals surface area contributed by atoms with E-state index in [1.54, 1.807) is 0 Å². The molecule has 0 aliphatic carbocycles. The Labute approximate surface area is 119 Å². The third kappa shape index (κ3) is 4.49. The highest BCUT2D eigenvalue weighted by molar-refractivity contribution is 5.88. The number of hydrogen-bond acceptors (Lipinski definition) is 3. The van der Waals surface area contributed by atoms with Gasteiger partial charge in [-0.1, -0.05) is 0 Å². The van der Waals surface area contributed by atoms with Crippen LogP contribution >= 0.6 is 0 Å². The van der Waals surface area contributed by atoms with Gasteiger partial charge < -0.3 is 10.4 Å². The second kappa shape index (κ2) is 7.24. The topological polar surface area (TPSA) is 52.6 Å². The molecule has 0 heterocycles. The number of hydrogen-bond donors (Lipinski definition) is 2. The summed E-state index contributed by atoms with van der Waals surface area (Å²) in [5.41, 5.74) is 0.293. The van der Waals surface area contributed by atoms with Gasteiger partial charge in [0, 0.05) is 25.2 Å². The molecule has 0 saturated heterocycles. The number of carboxylic acid groups (broad SMARTS) is 1. The van der Waals surface area contributed by atoms with Crippen molar-refractivity contribution < 1.29 is 14.3 Å². The van der Waals surface area contributed by atoms with Gasteiger partial charge in [-0.3, -0.25) is 4.90 Å². The van der Waals surface area contributed by atoms with Crippen molar-refractivity contribution in [1.82, 2.24) is 4.90 Å². The molecule has 0 bridgehead atoms. The van der Waals surface area contributed by atoms with Crippen LogP contribution in [0.3, 0.4) is 0 Å². The standard InChI is InChI=1S/C15H23FN2O2/c1-10(2)18(11(3)4)8-7-17-14-6-5-12(15(19)20)9-13(14)16/h5-6,9-11,17H,7-8H2,1-4H3,(H,19,20). The molecule has 2 N–H and O–H groups in total. The van der Waals surface area contributed by atoms with Crippen molar-refractivity contribution in [3.63, 3.8) is 0 Å². The number of benzene rings is 1. The highest BCUT2D eigenvalue weighted by Gasteiger charge is 2.13. The van der Waals surface area contributed by atoms with E-state index in [1.165, 1.54) is 12.1 Å². The van der Waals surface area contributed by atoms with Gasteiger partial charge in [0.05, 0.1) is 11.3 Å². The van der Waals surface area contributed by atoms with Crippen LogP contribution in [0.25, 0.3) is 0 Å². The molecule has 0 aliphatic rings. The first-order chi connectivity index (χ1) is 9.32. The van der Waals surface area contributed by atoms with E-state index in [2.05, 4.69) is 37.9 Å². The molecule has 1 rings (SSSR count). The van der Waals surface area contributed by atoms with E-state index in [0.29, 0.717) is 24.3 Å². The van der Waals surface area contributed by atoms with Crippen molar-refractivity contribution in [3.8, 4) is 0 Å². The van der Waals surface area contributed by atoms with Crippen LogP contribution in [0.2, 0.25) is 0 Å². The van der Waals surface area contributed by atoms with Crippen molar-refractivity contribution in [2.45, 2.75) is 39.8 Å². The number of carboxylic acids is 1. The lowest BCUT2D eigenvalue weighted by atomic mass is 10.2. The van der Waals surface area contributed by atoms with Gasteiger partial charge in [0.25, 0.3) is 0 Å². The lowest BCUT2D eigenvalue weighted by Crippen LogP contribution is -2.40. The molecule has 20 heavy (non-hydrogen) atoms. The minimum atomic E-state index is -1.12. The fourth-order valence-electron chi connectivity index (χ4n) is 2.22. The Hall–Kier alpha value is -1.62. The molecule has 112 valence electrons. The molecule has 0 amide bonds. The number of nitrogens with one attached hydrogen (secondary N) is 1. The van der Waals surface area contributed by atoms with Gasteiger partial charge in [-0.25, -0.2) is 9.18 Å².